The maximum atomic E-state index is 14.4. The van der Waals surface area contributed by atoms with E-state index in [-0.39, 0.29) is 25.7 Å². The number of phosphoric ester groups is 1. The Bertz CT molecular complexity index is 1470. The highest BCUT2D eigenvalue weighted by Gasteiger charge is 2.57. The molecule has 3 heterocycles. The molecule has 13 nitrogen and oxygen atoms in total. The Hall–Kier alpha value is -0.889. The monoisotopic (exact) mass is 832 g/mol. The topological polar surface area (TPSA) is 132 Å². The summed E-state index contributed by atoms with van der Waals surface area (Å²) in [4.78, 5) is 28.2. The lowest BCUT2D eigenvalue weighted by Crippen LogP contribution is -2.54. The fourth-order valence-corrected chi connectivity index (χ4v) is 10.8. The molecular weight excluding hydrogens is 758 g/mol. The van der Waals surface area contributed by atoms with Crippen molar-refractivity contribution in [1.82, 2.24) is 14.5 Å². The van der Waals surface area contributed by atoms with E-state index in [2.05, 4.69) is 112 Å². The van der Waals surface area contributed by atoms with Crippen molar-refractivity contribution < 1.29 is 41.2 Å². The molecule has 0 saturated carbocycles. The van der Waals surface area contributed by atoms with Crippen molar-refractivity contribution in [3.63, 3.8) is 0 Å². The number of hydroxylamine groups is 3. The summed E-state index contributed by atoms with van der Waals surface area (Å²) in [5, 5.41) is -0.135. The van der Waals surface area contributed by atoms with Gasteiger partial charge in [-0.3, -0.25) is 0 Å². The average molecular weight is 833 g/mol. The summed E-state index contributed by atoms with van der Waals surface area (Å²) in [6, 6.07) is 0. The second-order valence-electron chi connectivity index (χ2n) is 19.6. The number of fused-ring (bicyclic) bond motifs is 1. The van der Waals surface area contributed by atoms with Crippen LogP contribution < -0.4 is 9.89 Å². The number of phosphoric acid groups is 1. The van der Waals surface area contributed by atoms with Crippen LogP contribution in [0.25, 0.3) is 0 Å². The standard InChI is InChI=1S/C37H75N5O8PSi3/c1-21-42(22-2,23-3)50-51(43,46-27(4)5)47-33-29-32(38-25-39-33)41(26-40-29)34-31(49-54(19,20)37(12,13)14)30(48-53(17,18)36(9,10)11)28(45-34)24-44-52(15,16)35(6,7)8/h25-28,30-31,34H,21-24H2,1-20H3/q+2/t28-,30-,31-,34-,51?/m1/s1. The van der Waals surface area contributed by atoms with Gasteiger partial charge in [0.2, 0.25) is 11.9 Å². The minimum atomic E-state index is -4.19. The minimum Gasteiger partial charge on any atom is -0.594 e. The summed E-state index contributed by atoms with van der Waals surface area (Å²) < 4.78 is 48.8. The third-order valence-electron chi connectivity index (χ3n) is 12.3. The number of hydrogen-bond acceptors (Lipinski definition) is 11. The molecule has 0 bridgehead atoms. The summed E-state index contributed by atoms with van der Waals surface area (Å²) in [5.41, 5.74) is 0.300. The Morgan fingerprint density at radius 2 is 1.35 bits per heavy atom. The first kappa shape index (κ1) is 47.5. The third kappa shape index (κ3) is 10.6. The van der Waals surface area contributed by atoms with Crippen molar-refractivity contribution in [3.05, 3.63) is 12.0 Å². The van der Waals surface area contributed by atoms with Gasteiger partial charge in [-0.25, -0.2) is 14.1 Å². The Morgan fingerprint density at radius 3 is 1.81 bits per heavy atom. The number of quaternary nitrogens is 1. The maximum Gasteiger partial charge on any atom is 0.499 e. The lowest BCUT2D eigenvalue weighted by Gasteiger charge is -2.44. The van der Waals surface area contributed by atoms with Gasteiger partial charge in [0.15, 0.2) is 31.3 Å². The van der Waals surface area contributed by atoms with Gasteiger partial charge in [-0.05, 0) is 89.0 Å². The van der Waals surface area contributed by atoms with Crippen LogP contribution in [0.3, 0.4) is 0 Å². The first-order valence-electron chi connectivity index (χ1n) is 19.8. The van der Waals surface area contributed by atoms with E-state index in [0.29, 0.717) is 37.8 Å². The van der Waals surface area contributed by atoms with Crippen LogP contribution in [0.5, 0.6) is 0 Å². The summed E-state index contributed by atoms with van der Waals surface area (Å²) in [7, 11) is -11.1. The highest BCUT2D eigenvalue weighted by molar-refractivity contribution is 7.54. The van der Waals surface area contributed by atoms with Gasteiger partial charge >= 0.3 is 19.9 Å². The summed E-state index contributed by atoms with van der Waals surface area (Å²) in [6.07, 6.45) is 0.548. The number of aromatic nitrogens is 2. The van der Waals surface area contributed by atoms with Gasteiger partial charge < -0.3 is 22.9 Å². The zero-order valence-corrected chi connectivity index (χ0v) is 41.2. The number of imidazole rings is 1. The molecule has 0 spiro atoms. The molecule has 0 aromatic carbocycles. The van der Waals surface area contributed by atoms with E-state index < -0.39 is 63.8 Å². The Morgan fingerprint density at radius 1 is 0.852 bits per heavy atom. The Balaban J connectivity index is 2.17. The van der Waals surface area contributed by atoms with Crippen molar-refractivity contribution >= 4 is 51.2 Å². The number of nitrogens with zero attached hydrogens (tertiary/aromatic N) is 5. The van der Waals surface area contributed by atoms with Crippen LogP contribution in [-0.2, 0) is 31.7 Å². The quantitative estimate of drug-likeness (QED) is 0.0695. The van der Waals surface area contributed by atoms with Crippen LogP contribution in [0.2, 0.25) is 54.4 Å². The SMILES string of the molecule is CC[N+](CC)(CC)O[P+]([O-])(OC1=NC=[N+]c2c1ncn2[C@@H]1O[C@H](CO[Si](C)(C)C(C)(C)C)[C@@H](O[Si](C)(C)C(C)(C)C)[C@H]1O[Si](C)(C)C(C)(C)C)OC(C)C. The van der Waals surface area contributed by atoms with E-state index in [1.54, 1.807) is 20.2 Å². The zero-order valence-electron chi connectivity index (χ0n) is 37.3. The maximum absolute atomic E-state index is 14.4. The summed E-state index contributed by atoms with van der Waals surface area (Å²) >= 11 is 0. The molecule has 17 heteroatoms. The molecule has 0 amide bonds. The average Bonchev–Trinajstić information content (AvgIpc) is 3.58. The second-order valence-corrected chi connectivity index (χ2v) is 35.4. The number of rotatable bonds is 16. The highest BCUT2D eigenvalue weighted by Crippen LogP contribution is 2.58. The normalized spacial score (nSPS) is 23.1. The number of ether oxygens (including phenoxy) is 1. The smallest absolute Gasteiger partial charge is 0.499 e. The predicted molar refractivity (Wildman–Crippen MR) is 225 cm³/mol. The Labute approximate surface area is 331 Å². The van der Waals surface area contributed by atoms with E-state index >= 15 is 0 Å². The van der Waals surface area contributed by atoms with E-state index in [1.165, 1.54) is 6.34 Å². The molecule has 2 aliphatic heterocycles. The van der Waals surface area contributed by atoms with Gasteiger partial charge in [-0.2, -0.15) is 4.52 Å². The molecular formula is C37H75N5O8PSi3+2. The van der Waals surface area contributed by atoms with Gasteiger partial charge in [0.1, 0.15) is 44.1 Å². The first-order valence-corrected chi connectivity index (χ1v) is 30.0. The molecule has 1 aromatic rings. The molecule has 3 rings (SSSR count). The van der Waals surface area contributed by atoms with Crippen molar-refractivity contribution in [3.8, 4) is 0 Å². The Kier molecular flexibility index (Phi) is 14.7. The van der Waals surface area contributed by atoms with Crippen molar-refractivity contribution in [2.75, 3.05) is 26.2 Å². The van der Waals surface area contributed by atoms with E-state index in [9.17, 15) is 4.89 Å². The molecule has 0 N–H and O–H groups in total. The van der Waals surface area contributed by atoms with Crippen molar-refractivity contribution in [1.29, 1.82) is 0 Å². The van der Waals surface area contributed by atoms with Crippen molar-refractivity contribution in [2.24, 2.45) is 4.99 Å². The van der Waals surface area contributed by atoms with Gasteiger partial charge in [0.05, 0.1) is 6.61 Å². The van der Waals surface area contributed by atoms with E-state index in [4.69, 9.17) is 36.7 Å². The highest BCUT2D eigenvalue weighted by atomic mass is 31.2. The summed E-state index contributed by atoms with van der Waals surface area (Å²) in [6.45, 7) is 45.3. The number of aliphatic imine (C=N–C) groups is 2. The van der Waals surface area contributed by atoms with Crippen LogP contribution >= 0.6 is 8.17 Å². The lowest BCUT2D eigenvalue weighted by molar-refractivity contribution is -1.08. The largest absolute Gasteiger partial charge is 0.594 e. The second kappa shape index (κ2) is 16.8. The first-order chi connectivity index (χ1) is 24.4. The van der Waals surface area contributed by atoms with E-state index in [1.807, 2.05) is 25.3 Å². The predicted octanol–water partition coefficient (Wildman–Crippen LogP) is 8.63. The molecule has 54 heavy (non-hydrogen) atoms. The molecule has 1 unspecified atom stereocenters. The van der Waals surface area contributed by atoms with Gasteiger partial charge in [0.25, 0.3) is 6.34 Å². The minimum absolute atomic E-state index is 0.00381. The molecule has 0 aliphatic carbocycles. The van der Waals surface area contributed by atoms with Gasteiger partial charge in [0, 0.05) is 4.62 Å². The molecule has 1 radical (unpaired) electrons. The van der Waals surface area contributed by atoms with Gasteiger partial charge in [-0.1, -0.05) is 72.3 Å². The fourth-order valence-electron chi connectivity index (χ4n) is 5.44. The summed E-state index contributed by atoms with van der Waals surface area (Å²) in [5.74, 6) is 0.431. The molecule has 1 fully saturated rings. The van der Waals surface area contributed by atoms with E-state index in [0.717, 1.165) is 0 Å². The third-order valence-corrected chi connectivity index (χ3v) is 27.4. The van der Waals surface area contributed by atoms with Crippen LogP contribution in [-0.4, -0.2) is 102 Å². The van der Waals surface area contributed by atoms with Crippen LogP contribution in [0.4, 0.5) is 5.82 Å². The lowest BCUT2D eigenvalue weighted by atomic mass is 10.1. The molecule has 1 saturated heterocycles. The van der Waals surface area contributed by atoms with Crippen LogP contribution in [0.15, 0.2) is 11.3 Å². The van der Waals surface area contributed by atoms with Crippen molar-refractivity contribution in [2.45, 2.75) is 182 Å². The van der Waals surface area contributed by atoms with Crippen LogP contribution in [0, 0.1) is 0 Å². The zero-order chi connectivity index (χ0) is 41.5. The molecule has 5 atom stereocenters. The van der Waals surface area contributed by atoms with Crippen LogP contribution in [0.1, 0.15) is 109 Å². The molecule has 311 valence electrons. The molecule has 2 aliphatic rings. The molecule has 1 aromatic heterocycles. The number of hydrogen-bond donors (Lipinski definition) is 0. The fraction of sp³-hybridized carbons (Fsp3) is 0.865. The van der Waals surface area contributed by atoms with Gasteiger partial charge in [-0.15, -0.1) is 4.65 Å².